The van der Waals surface area contributed by atoms with E-state index in [1.54, 1.807) is 18.2 Å². The molecule has 6 nitrogen and oxygen atoms in total. The Morgan fingerprint density at radius 2 is 1.94 bits per heavy atom. The number of nitrogens with one attached hydrogen (secondary N) is 1. The molecule has 0 atom stereocenters. The van der Waals surface area contributed by atoms with Gasteiger partial charge in [-0.25, -0.2) is 4.39 Å². The summed E-state index contributed by atoms with van der Waals surface area (Å²) in [4.78, 5) is 15.0. The maximum Gasteiger partial charge on any atom is 0.234 e. The number of amides is 1. The van der Waals surface area contributed by atoms with Gasteiger partial charge in [-0.15, -0.1) is 10.2 Å². The Kier molecular flexibility index (Phi) is 5.87. The second-order valence-electron chi connectivity index (χ2n) is 8.42. The van der Waals surface area contributed by atoms with Crippen LogP contribution in [0.3, 0.4) is 0 Å². The summed E-state index contributed by atoms with van der Waals surface area (Å²) in [6.45, 7) is 4.21. The number of thioether (sulfide) groups is 1. The lowest BCUT2D eigenvalue weighted by atomic mass is 10.1. The van der Waals surface area contributed by atoms with Gasteiger partial charge >= 0.3 is 0 Å². The normalized spacial score (nSPS) is 15.9. The zero-order valence-electron chi connectivity index (χ0n) is 18.1. The average molecular weight is 452 g/mol. The molecular formula is C24H26FN5OS. The van der Waals surface area contributed by atoms with E-state index in [1.165, 1.54) is 36.4 Å². The van der Waals surface area contributed by atoms with Gasteiger partial charge in [-0.1, -0.05) is 23.9 Å². The van der Waals surface area contributed by atoms with E-state index in [0.717, 1.165) is 37.2 Å². The van der Waals surface area contributed by atoms with Crippen LogP contribution in [0.25, 0.3) is 11.4 Å². The molecule has 0 unspecified atom stereocenters. The number of nitrogens with zero attached hydrogens (tertiary/aromatic N) is 4. The standard InChI is InChI=1S/C24H26FN5OS/c1-16-14-18(29-12-4-5-13-29)10-11-21(16)26-22(31)15-32-24-28-27-23(30(24)17-8-9-17)19-6-2-3-7-20(19)25/h2-3,6-7,10-11,14,17H,4-5,8-9,12-13,15H2,1H3,(H,26,31). The van der Waals surface area contributed by atoms with Gasteiger partial charge in [0, 0.05) is 30.5 Å². The molecule has 8 heteroatoms. The smallest absolute Gasteiger partial charge is 0.234 e. The van der Waals surface area contributed by atoms with Crippen LogP contribution in [0.4, 0.5) is 15.8 Å². The summed E-state index contributed by atoms with van der Waals surface area (Å²) in [5.41, 5.74) is 3.53. The van der Waals surface area contributed by atoms with Gasteiger partial charge in [0.05, 0.1) is 11.3 Å². The largest absolute Gasteiger partial charge is 0.372 e. The molecule has 1 aliphatic carbocycles. The summed E-state index contributed by atoms with van der Waals surface area (Å²) in [7, 11) is 0. The van der Waals surface area contributed by atoms with Crippen molar-refractivity contribution >= 4 is 29.0 Å². The number of aromatic nitrogens is 3. The number of benzene rings is 2. The van der Waals surface area contributed by atoms with Crippen LogP contribution in [0.1, 0.15) is 37.3 Å². The van der Waals surface area contributed by atoms with Crippen molar-refractivity contribution in [2.24, 2.45) is 0 Å². The van der Waals surface area contributed by atoms with E-state index in [-0.39, 0.29) is 23.5 Å². The summed E-state index contributed by atoms with van der Waals surface area (Å²) in [5, 5.41) is 12.2. The highest BCUT2D eigenvalue weighted by molar-refractivity contribution is 7.99. The molecule has 2 aliphatic rings. The number of halogens is 1. The lowest BCUT2D eigenvalue weighted by Gasteiger charge is -2.19. The minimum atomic E-state index is -0.316. The fraction of sp³-hybridized carbons (Fsp3) is 0.375. The van der Waals surface area contributed by atoms with E-state index in [9.17, 15) is 9.18 Å². The van der Waals surface area contributed by atoms with Crippen LogP contribution in [-0.2, 0) is 4.79 Å². The van der Waals surface area contributed by atoms with E-state index in [2.05, 4.69) is 32.5 Å². The van der Waals surface area contributed by atoms with Crippen LogP contribution in [-0.4, -0.2) is 39.5 Å². The first-order valence-electron chi connectivity index (χ1n) is 11.1. The third-order valence-electron chi connectivity index (χ3n) is 5.98. The van der Waals surface area contributed by atoms with Crippen LogP contribution < -0.4 is 10.2 Å². The Balaban J connectivity index is 1.26. The summed E-state index contributed by atoms with van der Waals surface area (Å²) >= 11 is 1.34. The number of hydrogen-bond acceptors (Lipinski definition) is 5. The Labute approximate surface area is 191 Å². The molecule has 2 fully saturated rings. The van der Waals surface area contributed by atoms with E-state index in [0.29, 0.717) is 16.5 Å². The van der Waals surface area contributed by atoms with Crippen molar-refractivity contribution in [3.63, 3.8) is 0 Å². The quantitative estimate of drug-likeness (QED) is 0.509. The summed E-state index contributed by atoms with van der Waals surface area (Å²) < 4.78 is 16.3. The van der Waals surface area contributed by atoms with Gasteiger partial charge in [0.1, 0.15) is 5.82 Å². The van der Waals surface area contributed by atoms with Crippen molar-refractivity contribution in [1.82, 2.24) is 14.8 Å². The number of carbonyl (C=O) groups is 1. The topological polar surface area (TPSA) is 63.1 Å². The molecule has 166 valence electrons. The maximum atomic E-state index is 14.3. The molecule has 5 rings (SSSR count). The average Bonchev–Trinajstić information content (AvgIpc) is 3.31. The van der Waals surface area contributed by atoms with Crippen LogP contribution in [0.5, 0.6) is 0 Å². The zero-order valence-corrected chi connectivity index (χ0v) is 18.9. The number of aryl methyl sites for hydroxylation is 1. The maximum absolute atomic E-state index is 14.3. The second-order valence-corrected chi connectivity index (χ2v) is 9.36. The van der Waals surface area contributed by atoms with Gasteiger partial charge in [-0.05, 0) is 68.5 Å². The third kappa shape index (κ3) is 4.37. The molecule has 0 bridgehead atoms. The van der Waals surface area contributed by atoms with Crippen LogP contribution >= 0.6 is 11.8 Å². The molecule has 2 heterocycles. The van der Waals surface area contributed by atoms with Gasteiger partial charge in [-0.2, -0.15) is 0 Å². The van der Waals surface area contributed by atoms with Crippen molar-refractivity contribution in [2.45, 2.75) is 43.8 Å². The van der Waals surface area contributed by atoms with Crippen LogP contribution in [0, 0.1) is 12.7 Å². The summed E-state index contributed by atoms with van der Waals surface area (Å²) in [5.74, 6) is 0.339. The summed E-state index contributed by atoms with van der Waals surface area (Å²) in [6.07, 6.45) is 4.50. The molecule has 1 saturated heterocycles. The third-order valence-corrected chi connectivity index (χ3v) is 6.92. The van der Waals surface area contributed by atoms with E-state index < -0.39 is 0 Å². The monoisotopic (exact) mass is 451 g/mol. The Bertz CT molecular complexity index is 1140. The Morgan fingerprint density at radius 1 is 1.16 bits per heavy atom. The lowest BCUT2D eigenvalue weighted by Crippen LogP contribution is -2.18. The van der Waals surface area contributed by atoms with Crippen LogP contribution in [0.2, 0.25) is 0 Å². The molecule has 1 saturated carbocycles. The highest BCUT2D eigenvalue weighted by Crippen LogP contribution is 2.41. The molecule has 3 aromatic rings. The minimum Gasteiger partial charge on any atom is -0.372 e. The molecule has 2 aromatic carbocycles. The first kappa shape index (κ1) is 21.0. The molecular weight excluding hydrogens is 425 g/mol. The molecule has 1 N–H and O–H groups in total. The number of carbonyl (C=O) groups excluding carboxylic acids is 1. The zero-order chi connectivity index (χ0) is 22.1. The fourth-order valence-corrected chi connectivity index (χ4v) is 4.95. The molecule has 32 heavy (non-hydrogen) atoms. The van der Waals surface area contributed by atoms with E-state index in [1.807, 2.05) is 17.6 Å². The highest BCUT2D eigenvalue weighted by atomic mass is 32.2. The SMILES string of the molecule is Cc1cc(N2CCCC2)ccc1NC(=O)CSc1nnc(-c2ccccc2F)n1C1CC1. The minimum absolute atomic E-state index is 0.0928. The van der Waals surface area contributed by atoms with E-state index in [4.69, 9.17) is 0 Å². The lowest BCUT2D eigenvalue weighted by molar-refractivity contribution is -0.113. The number of anilines is 2. The molecule has 1 aromatic heterocycles. The van der Waals surface area contributed by atoms with Crippen molar-refractivity contribution in [2.75, 3.05) is 29.1 Å². The van der Waals surface area contributed by atoms with Gasteiger partial charge in [0.2, 0.25) is 5.91 Å². The van der Waals surface area contributed by atoms with E-state index >= 15 is 0 Å². The van der Waals surface area contributed by atoms with Crippen molar-refractivity contribution in [3.8, 4) is 11.4 Å². The first-order chi connectivity index (χ1) is 15.6. The van der Waals surface area contributed by atoms with Crippen LogP contribution in [0.15, 0.2) is 47.6 Å². The van der Waals surface area contributed by atoms with Crippen molar-refractivity contribution < 1.29 is 9.18 Å². The second kappa shape index (κ2) is 8.94. The Morgan fingerprint density at radius 3 is 2.66 bits per heavy atom. The number of hydrogen-bond donors (Lipinski definition) is 1. The first-order valence-corrected chi connectivity index (χ1v) is 12.1. The van der Waals surface area contributed by atoms with Crippen molar-refractivity contribution in [3.05, 3.63) is 53.8 Å². The predicted molar refractivity (Wildman–Crippen MR) is 126 cm³/mol. The van der Waals surface area contributed by atoms with Gasteiger partial charge in [-0.3, -0.25) is 9.36 Å². The predicted octanol–water partition coefficient (Wildman–Crippen LogP) is 5.06. The molecule has 0 radical (unpaired) electrons. The molecule has 1 amide bonds. The fourth-order valence-electron chi connectivity index (χ4n) is 4.14. The van der Waals surface area contributed by atoms with Gasteiger partial charge in [0.25, 0.3) is 0 Å². The molecule has 1 aliphatic heterocycles. The number of rotatable bonds is 7. The highest BCUT2D eigenvalue weighted by Gasteiger charge is 2.31. The van der Waals surface area contributed by atoms with Gasteiger partial charge < -0.3 is 10.2 Å². The summed E-state index contributed by atoms with van der Waals surface area (Å²) in [6, 6.07) is 13.1. The van der Waals surface area contributed by atoms with Gasteiger partial charge in [0.15, 0.2) is 11.0 Å². The Hall–Kier alpha value is -2.87. The van der Waals surface area contributed by atoms with Crippen molar-refractivity contribution in [1.29, 1.82) is 0 Å². The molecule has 0 spiro atoms.